The lowest BCUT2D eigenvalue weighted by molar-refractivity contribution is 0.345. The zero-order valence-corrected chi connectivity index (χ0v) is 14.2. The lowest BCUT2D eigenvalue weighted by Crippen LogP contribution is -2.39. The Morgan fingerprint density at radius 3 is 2.40 bits per heavy atom. The van der Waals surface area contributed by atoms with Crippen LogP contribution in [-0.4, -0.2) is 43.6 Å². The summed E-state index contributed by atoms with van der Waals surface area (Å²) in [5, 5.41) is 3.43. The van der Waals surface area contributed by atoms with Gasteiger partial charge in [-0.1, -0.05) is 19.8 Å². The molecule has 0 bridgehead atoms. The van der Waals surface area contributed by atoms with Gasteiger partial charge in [0.1, 0.15) is 0 Å². The Morgan fingerprint density at radius 2 is 1.85 bits per heavy atom. The van der Waals surface area contributed by atoms with E-state index in [9.17, 15) is 8.42 Å². The first kappa shape index (κ1) is 17.9. The van der Waals surface area contributed by atoms with Crippen molar-refractivity contribution in [1.29, 1.82) is 0 Å². The number of rotatable bonds is 12. The number of nitrogens with zero attached hydrogens (tertiary/aromatic N) is 1. The van der Waals surface area contributed by atoms with Crippen molar-refractivity contribution < 1.29 is 8.42 Å². The molecule has 0 saturated heterocycles. The van der Waals surface area contributed by atoms with E-state index in [0.29, 0.717) is 18.3 Å². The molecule has 0 aromatic carbocycles. The van der Waals surface area contributed by atoms with Gasteiger partial charge in [0.2, 0.25) is 10.0 Å². The second kappa shape index (κ2) is 9.00. The van der Waals surface area contributed by atoms with E-state index >= 15 is 0 Å². The van der Waals surface area contributed by atoms with Crippen LogP contribution in [0.2, 0.25) is 0 Å². The maximum atomic E-state index is 12.4. The molecule has 1 saturated carbocycles. The van der Waals surface area contributed by atoms with E-state index in [1.54, 1.807) is 4.31 Å². The molecule has 20 heavy (non-hydrogen) atoms. The van der Waals surface area contributed by atoms with E-state index in [2.05, 4.69) is 12.2 Å². The molecule has 120 valence electrons. The first-order valence-corrected chi connectivity index (χ1v) is 9.81. The van der Waals surface area contributed by atoms with E-state index in [1.807, 2.05) is 13.8 Å². The minimum Gasteiger partial charge on any atom is -0.314 e. The molecule has 0 aromatic rings. The molecule has 0 unspecified atom stereocenters. The zero-order chi connectivity index (χ0) is 15.0. The fraction of sp³-hybridized carbons (Fsp3) is 1.00. The van der Waals surface area contributed by atoms with Gasteiger partial charge < -0.3 is 5.32 Å². The Morgan fingerprint density at radius 1 is 1.15 bits per heavy atom. The Kier molecular flexibility index (Phi) is 8.07. The van der Waals surface area contributed by atoms with Gasteiger partial charge >= 0.3 is 0 Å². The minimum atomic E-state index is -3.08. The second-order valence-electron chi connectivity index (χ2n) is 6.16. The topological polar surface area (TPSA) is 49.4 Å². The van der Waals surface area contributed by atoms with Crippen LogP contribution in [0.25, 0.3) is 0 Å². The summed E-state index contributed by atoms with van der Waals surface area (Å²) < 4.78 is 26.5. The fourth-order valence-electron chi connectivity index (χ4n) is 2.36. The lowest BCUT2D eigenvalue weighted by Gasteiger charge is -2.26. The van der Waals surface area contributed by atoms with Crippen molar-refractivity contribution in [3.63, 3.8) is 0 Å². The van der Waals surface area contributed by atoms with Crippen LogP contribution in [0.3, 0.4) is 0 Å². The van der Waals surface area contributed by atoms with Crippen LogP contribution >= 0.6 is 0 Å². The maximum Gasteiger partial charge on any atom is 0.214 e. The molecule has 0 atom stereocenters. The van der Waals surface area contributed by atoms with Gasteiger partial charge in [-0.05, 0) is 52.5 Å². The number of hydrogen-bond donors (Lipinski definition) is 1. The van der Waals surface area contributed by atoms with Crippen LogP contribution < -0.4 is 5.32 Å². The summed E-state index contributed by atoms with van der Waals surface area (Å²) in [6, 6.07) is 0.786. The largest absolute Gasteiger partial charge is 0.314 e. The molecular weight excluding hydrogens is 272 g/mol. The number of nitrogens with one attached hydrogen (secondary N) is 1. The number of sulfonamides is 1. The molecule has 0 radical (unpaired) electrons. The normalized spacial score (nSPS) is 16.2. The molecule has 1 aliphatic rings. The fourth-order valence-corrected chi connectivity index (χ4v) is 4.21. The summed E-state index contributed by atoms with van der Waals surface area (Å²) in [5.41, 5.74) is 0. The Balaban J connectivity index is 2.28. The maximum absolute atomic E-state index is 12.4. The quantitative estimate of drug-likeness (QED) is 0.564. The van der Waals surface area contributed by atoms with Gasteiger partial charge in [-0.3, -0.25) is 0 Å². The Labute approximate surface area is 125 Å². The summed E-state index contributed by atoms with van der Waals surface area (Å²) in [7, 11) is -3.08. The highest BCUT2D eigenvalue weighted by Crippen LogP contribution is 2.18. The van der Waals surface area contributed by atoms with Gasteiger partial charge in [0.05, 0.1) is 5.75 Å². The molecule has 0 spiro atoms. The number of hydrogen-bond acceptors (Lipinski definition) is 3. The highest BCUT2D eigenvalue weighted by Gasteiger charge is 2.24. The van der Waals surface area contributed by atoms with E-state index in [1.165, 1.54) is 12.8 Å². The summed E-state index contributed by atoms with van der Waals surface area (Å²) in [4.78, 5) is 0. The zero-order valence-electron chi connectivity index (χ0n) is 13.4. The monoisotopic (exact) mass is 304 g/mol. The van der Waals surface area contributed by atoms with Crippen molar-refractivity contribution in [3.8, 4) is 0 Å². The van der Waals surface area contributed by atoms with Crippen LogP contribution in [0.1, 0.15) is 65.7 Å². The third-order valence-corrected chi connectivity index (χ3v) is 5.88. The van der Waals surface area contributed by atoms with Crippen LogP contribution in [-0.2, 0) is 10.0 Å². The van der Waals surface area contributed by atoms with Crippen LogP contribution in [0.4, 0.5) is 0 Å². The van der Waals surface area contributed by atoms with Crippen molar-refractivity contribution >= 4 is 10.0 Å². The van der Waals surface area contributed by atoms with Crippen molar-refractivity contribution in [2.24, 2.45) is 0 Å². The molecule has 4 nitrogen and oxygen atoms in total. The molecule has 1 rings (SSSR count). The first-order chi connectivity index (χ1) is 9.47. The SMILES string of the molecule is CCCCCN(C(C)C)S(=O)(=O)CCCCNC1CC1. The van der Waals surface area contributed by atoms with Crippen LogP contribution in [0.15, 0.2) is 0 Å². The van der Waals surface area contributed by atoms with Gasteiger partial charge in [-0.15, -0.1) is 0 Å². The third-order valence-electron chi connectivity index (χ3n) is 3.75. The molecule has 1 fully saturated rings. The van der Waals surface area contributed by atoms with E-state index in [4.69, 9.17) is 0 Å². The van der Waals surface area contributed by atoms with Gasteiger partial charge in [0, 0.05) is 18.6 Å². The predicted octanol–water partition coefficient (Wildman–Crippen LogP) is 2.75. The molecule has 0 heterocycles. The highest BCUT2D eigenvalue weighted by atomic mass is 32.2. The second-order valence-corrected chi connectivity index (χ2v) is 8.20. The van der Waals surface area contributed by atoms with Crippen LogP contribution in [0.5, 0.6) is 0 Å². The molecule has 0 aromatic heterocycles. The molecular formula is C15H32N2O2S. The average molecular weight is 304 g/mol. The highest BCUT2D eigenvalue weighted by molar-refractivity contribution is 7.89. The van der Waals surface area contributed by atoms with Crippen LogP contribution in [0, 0.1) is 0 Å². The van der Waals surface area contributed by atoms with Gasteiger partial charge in [-0.25, -0.2) is 8.42 Å². The van der Waals surface area contributed by atoms with E-state index in [0.717, 1.165) is 38.6 Å². The van der Waals surface area contributed by atoms with Gasteiger partial charge in [0.15, 0.2) is 0 Å². The molecule has 0 aliphatic heterocycles. The van der Waals surface area contributed by atoms with Crippen molar-refractivity contribution in [3.05, 3.63) is 0 Å². The Hall–Kier alpha value is -0.130. The predicted molar refractivity (Wildman–Crippen MR) is 85.4 cm³/mol. The summed E-state index contributed by atoms with van der Waals surface area (Å²) in [5.74, 6) is 0.295. The molecule has 1 aliphatic carbocycles. The molecule has 0 amide bonds. The third kappa shape index (κ3) is 7.04. The smallest absolute Gasteiger partial charge is 0.214 e. The summed E-state index contributed by atoms with van der Waals surface area (Å²) >= 11 is 0. The molecule has 5 heteroatoms. The van der Waals surface area contributed by atoms with Gasteiger partial charge in [0.25, 0.3) is 0 Å². The Bertz CT molecular complexity index is 351. The first-order valence-electron chi connectivity index (χ1n) is 8.20. The average Bonchev–Trinajstić information content (AvgIpc) is 3.17. The summed E-state index contributed by atoms with van der Waals surface area (Å²) in [6.45, 7) is 7.71. The number of unbranched alkanes of at least 4 members (excludes halogenated alkanes) is 3. The molecule has 1 N–H and O–H groups in total. The van der Waals surface area contributed by atoms with E-state index < -0.39 is 10.0 Å². The van der Waals surface area contributed by atoms with Crippen molar-refractivity contribution in [2.75, 3.05) is 18.8 Å². The minimum absolute atomic E-state index is 0.0708. The van der Waals surface area contributed by atoms with Crippen molar-refractivity contribution in [1.82, 2.24) is 9.62 Å². The summed E-state index contributed by atoms with van der Waals surface area (Å²) in [6.07, 6.45) is 7.49. The van der Waals surface area contributed by atoms with Crippen molar-refractivity contribution in [2.45, 2.75) is 77.8 Å². The van der Waals surface area contributed by atoms with E-state index in [-0.39, 0.29) is 6.04 Å². The standard InChI is InChI=1S/C15H32N2O2S/c1-4-5-7-12-17(14(2)3)20(18,19)13-8-6-11-16-15-9-10-15/h14-16H,4-13H2,1-3H3. The van der Waals surface area contributed by atoms with Gasteiger partial charge in [-0.2, -0.15) is 4.31 Å². The lowest BCUT2D eigenvalue weighted by atomic mass is 10.2.